The number of aliphatic hydroxyl groups excluding tert-OH is 1. The predicted molar refractivity (Wildman–Crippen MR) is 51.5 cm³/mol. The van der Waals surface area contributed by atoms with Crippen LogP contribution in [-0.4, -0.2) is 11.7 Å². The Labute approximate surface area is 85.9 Å². The van der Waals surface area contributed by atoms with Gasteiger partial charge in [0.05, 0.1) is 12.2 Å². The molecule has 15 heavy (non-hydrogen) atoms. The highest BCUT2D eigenvalue weighted by Crippen LogP contribution is 2.30. The average molecular weight is 216 g/mol. The van der Waals surface area contributed by atoms with Crippen molar-refractivity contribution in [1.82, 2.24) is 0 Å². The largest absolute Gasteiger partial charge is 0.416 e. The van der Waals surface area contributed by atoms with Crippen LogP contribution in [0.15, 0.2) is 36.9 Å². The van der Waals surface area contributed by atoms with Crippen molar-refractivity contribution in [2.75, 3.05) is 6.61 Å². The molecule has 0 radical (unpaired) electrons. The molecule has 1 unspecified atom stereocenters. The summed E-state index contributed by atoms with van der Waals surface area (Å²) in [6.07, 6.45) is -2.82. The van der Waals surface area contributed by atoms with Crippen molar-refractivity contribution in [3.63, 3.8) is 0 Å². The Morgan fingerprint density at radius 2 is 1.80 bits per heavy atom. The molecule has 82 valence electrons. The maximum absolute atomic E-state index is 12.2. The molecule has 0 aliphatic carbocycles. The number of halogens is 3. The van der Waals surface area contributed by atoms with Gasteiger partial charge in [0.15, 0.2) is 0 Å². The number of aliphatic hydroxyl groups is 1. The van der Waals surface area contributed by atoms with Crippen molar-refractivity contribution in [3.8, 4) is 0 Å². The van der Waals surface area contributed by atoms with Crippen molar-refractivity contribution >= 4 is 0 Å². The minimum atomic E-state index is -4.32. The molecule has 1 atom stereocenters. The fraction of sp³-hybridized carbons (Fsp3) is 0.273. The van der Waals surface area contributed by atoms with Crippen LogP contribution in [0.2, 0.25) is 0 Å². The van der Waals surface area contributed by atoms with E-state index in [0.717, 1.165) is 12.1 Å². The van der Waals surface area contributed by atoms with Crippen LogP contribution in [0.3, 0.4) is 0 Å². The van der Waals surface area contributed by atoms with Crippen LogP contribution in [-0.2, 0) is 6.18 Å². The molecule has 0 aromatic heterocycles. The van der Waals surface area contributed by atoms with Crippen molar-refractivity contribution in [1.29, 1.82) is 0 Å². The third kappa shape index (κ3) is 2.83. The molecule has 1 aromatic rings. The number of rotatable bonds is 3. The lowest BCUT2D eigenvalue weighted by atomic mass is 9.99. The van der Waals surface area contributed by atoms with Gasteiger partial charge in [0.1, 0.15) is 0 Å². The predicted octanol–water partition coefficient (Wildman–Crippen LogP) is 2.97. The molecule has 0 amide bonds. The summed E-state index contributed by atoms with van der Waals surface area (Å²) in [6.45, 7) is 3.34. The third-order valence-electron chi connectivity index (χ3n) is 2.15. The lowest BCUT2D eigenvalue weighted by Gasteiger charge is -2.11. The lowest BCUT2D eigenvalue weighted by Crippen LogP contribution is -2.06. The maximum Gasteiger partial charge on any atom is 0.416 e. The molecule has 0 saturated carbocycles. The van der Waals surface area contributed by atoms with Gasteiger partial charge in [-0.1, -0.05) is 18.2 Å². The van der Waals surface area contributed by atoms with E-state index >= 15 is 0 Å². The highest BCUT2D eigenvalue weighted by atomic mass is 19.4. The average Bonchev–Trinajstić information content (AvgIpc) is 2.19. The van der Waals surface area contributed by atoms with Crippen LogP contribution in [0, 0.1) is 0 Å². The molecular formula is C11H11F3O. The first-order valence-electron chi connectivity index (χ1n) is 4.39. The van der Waals surface area contributed by atoms with E-state index in [1.54, 1.807) is 0 Å². The Morgan fingerprint density at radius 3 is 2.13 bits per heavy atom. The van der Waals surface area contributed by atoms with Crippen molar-refractivity contribution in [2.45, 2.75) is 12.1 Å². The summed E-state index contributed by atoms with van der Waals surface area (Å²) in [6, 6.07) is 4.71. The summed E-state index contributed by atoms with van der Waals surface area (Å²) in [4.78, 5) is 0. The van der Waals surface area contributed by atoms with Gasteiger partial charge in [-0.2, -0.15) is 13.2 Å². The third-order valence-corrected chi connectivity index (χ3v) is 2.15. The van der Waals surface area contributed by atoms with Gasteiger partial charge in [-0.05, 0) is 17.7 Å². The van der Waals surface area contributed by atoms with Crippen LogP contribution in [0.25, 0.3) is 0 Å². The molecule has 1 rings (SSSR count). The molecule has 0 saturated heterocycles. The summed E-state index contributed by atoms with van der Waals surface area (Å²) in [5, 5.41) is 8.92. The van der Waals surface area contributed by atoms with E-state index in [1.165, 1.54) is 18.2 Å². The number of benzene rings is 1. The zero-order valence-electron chi connectivity index (χ0n) is 7.96. The van der Waals surface area contributed by atoms with Gasteiger partial charge < -0.3 is 5.11 Å². The smallest absolute Gasteiger partial charge is 0.395 e. The zero-order chi connectivity index (χ0) is 11.5. The van der Waals surface area contributed by atoms with Crippen molar-refractivity contribution in [3.05, 3.63) is 48.0 Å². The van der Waals surface area contributed by atoms with Crippen LogP contribution < -0.4 is 0 Å². The Bertz CT molecular complexity index is 327. The monoisotopic (exact) mass is 216 g/mol. The number of alkyl halides is 3. The maximum atomic E-state index is 12.2. The molecule has 1 aromatic carbocycles. The first kappa shape index (κ1) is 11.8. The normalized spacial score (nSPS) is 13.6. The molecule has 1 nitrogen and oxygen atoms in total. The summed E-state index contributed by atoms with van der Waals surface area (Å²) in [5.41, 5.74) is -0.0625. The second-order valence-electron chi connectivity index (χ2n) is 3.14. The molecule has 0 bridgehead atoms. The fourth-order valence-corrected chi connectivity index (χ4v) is 1.24. The molecule has 0 aliphatic rings. The van der Waals surface area contributed by atoms with Crippen LogP contribution in [0.1, 0.15) is 17.0 Å². The van der Waals surface area contributed by atoms with E-state index in [2.05, 4.69) is 6.58 Å². The first-order valence-corrected chi connectivity index (χ1v) is 4.39. The second kappa shape index (κ2) is 4.49. The topological polar surface area (TPSA) is 20.2 Å². The van der Waals surface area contributed by atoms with E-state index < -0.39 is 11.7 Å². The SMILES string of the molecule is C=CC(CO)c1ccc(C(F)(F)F)cc1. The molecule has 0 aliphatic heterocycles. The van der Waals surface area contributed by atoms with E-state index in [-0.39, 0.29) is 12.5 Å². The molecule has 0 fully saturated rings. The summed E-state index contributed by atoms with van der Waals surface area (Å²) < 4.78 is 36.6. The summed E-state index contributed by atoms with van der Waals surface area (Å²) in [5.74, 6) is -0.313. The van der Waals surface area contributed by atoms with Gasteiger partial charge in [0, 0.05) is 5.92 Å². The zero-order valence-corrected chi connectivity index (χ0v) is 7.96. The fourth-order valence-electron chi connectivity index (χ4n) is 1.24. The van der Waals surface area contributed by atoms with Gasteiger partial charge in [-0.15, -0.1) is 6.58 Å². The highest BCUT2D eigenvalue weighted by Gasteiger charge is 2.30. The number of hydrogen-bond donors (Lipinski definition) is 1. The molecular weight excluding hydrogens is 205 g/mol. The molecule has 0 spiro atoms. The molecule has 1 N–H and O–H groups in total. The van der Waals surface area contributed by atoms with Crippen LogP contribution in [0.4, 0.5) is 13.2 Å². The van der Waals surface area contributed by atoms with Gasteiger partial charge >= 0.3 is 6.18 Å². The lowest BCUT2D eigenvalue weighted by molar-refractivity contribution is -0.137. The van der Waals surface area contributed by atoms with Gasteiger partial charge in [-0.25, -0.2) is 0 Å². The van der Waals surface area contributed by atoms with Crippen molar-refractivity contribution < 1.29 is 18.3 Å². The van der Waals surface area contributed by atoms with Crippen molar-refractivity contribution in [2.24, 2.45) is 0 Å². The van der Waals surface area contributed by atoms with Crippen LogP contribution in [0.5, 0.6) is 0 Å². The van der Waals surface area contributed by atoms with E-state index in [1.807, 2.05) is 0 Å². The Hall–Kier alpha value is -1.29. The van der Waals surface area contributed by atoms with E-state index in [0.29, 0.717) is 5.56 Å². The van der Waals surface area contributed by atoms with E-state index in [4.69, 9.17) is 5.11 Å². The standard InChI is InChI=1S/C11H11F3O/c1-2-8(7-15)9-3-5-10(6-4-9)11(12,13)14/h2-6,8,15H,1,7H2. The minimum Gasteiger partial charge on any atom is -0.395 e. The van der Waals surface area contributed by atoms with E-state index in [9.17, 15) is 13.2 Å². The Morgan fingerprint density at radius 1 is 1.27 bits per heavy atom. The summed E-state index contributed by atoms with van der Waals surface area (Å²) >= 11 is 0. The Balaban J connectivity index is 2.94. The van der Waals surface area contributed by atoms with Crippen LogP contribution >= 0.6 is 0 Å². The summed E-state index contributed by atoms with van der Waals surface area (Å²) in [7, 11) is 0. The molecule has 4 heteroatoms. The molecule has 0 heterocycles. The first-order chi connectivity index (χ1) is 6.99. The van der Waals surface area contributed by atoms with Gasteiger partial charge in [0.25, 0.3) is 0 Å². The second-order valence-corrected chi connectivity index (χ2v) is 3.14. The quantitative estimate of drug-likeness (QED) is 0.770. The highest BCUT2D eigenvalue weighted by molar-refractivity contribution is 5.29. The Kier molecular flexibility index (Phi) is 3.52. The van der Waals surface area contributed by atoms with Gasteiger partial charge in [-0.3, -0.25) is 0 Å². The van der Waals surface area contributed by atoms with Gasteiger partial charge in [0.2, 0.25) is 0 Å². The minimum absolute atomic E-state index is 0.158. The number of hydrogen-bond acceptors (Lipinski definition) is 1.